The van der Waals surface area contributed by atoms with Crippen LogP contribution in [0.4, 0.5) is 17.1 Å². The summed E-state index contributed by atoms with van der Waals surface area (Å²) >= 11 is 0. The summed E-state index contributed by atoms with van der Waals surface area (Å²) in [5.74, 6) is 0. The lowest BCUT2D eigenvalue weighted by molar-refractivity contribution is 0.402. The number of benzene rings is 4. The number of anilines is 3. The quantitative estimate of drug-likeness (QED) is 0.319. The lowest BCUT2D eigenvalue weighted by atomic mass is 9.69. The molecule has 0 amide bonds. The zero-order valence-corrected chi connectivity index (χ0v) is 21.9. The molecule has 0 bridgehead atoms. The van der Waals surface area contributed by atoms with Crippen molar-refractivity contribution in [3.8, 4) is 22.3 Å². The summed E-state index contributed by atoms with van der Waals surface area (Å²) in [6, 6.07) is 33.0. The molecule has 0 aromatic heterocycles. The summed E-state index contributed by atoms with van der Waals surface area (Å²) in [4.78, 5) is 2.64. The van der Waals surface area contributed by atoms with Gasteiger partial charge in [0, 0.05) is 30.2 Å². The maximum atomic E-state index is 3.57. The van der Waals surface area contributed by atoms with E-state index in [0.29, 0.717) is 0 Å². The molecule has 2 heteroatoms. The standard InChI is InChI=1S/C34H36N2/c1-33(2)18-20-36-21-19-34(3,4)31-23-27(22-30(33)32(31)36)26-12-16-29(17-13-26)35-28-14-10-25(11-15-28)24-8-6-5-7-9-24/h5-17,22-23,35H,18-21H2,1-4H3. The third-order valence-corrected chi connectivity index (χ3v) is 8.40. The van der Waals surface area contributed by atoms with E-state index >= 15 is 0 Å². The van der Waals surface area contributed by atoms with Gasteiger partial charge in [-0.05, 0) is 93.5 Å². The van der Waals surface area contributed by atoms with Gasteiger partial charge in [-0.2, -0.15) is 0 Å². The molecule has 0 unspecified atom stereocenters. The molecule has 4 aromatic carbocycles. The van der Waals surface area contributed by atoms with Gasteiger partial charge >= 0.3 is 0 Å². The molecule has 0 spiro atoms. The van der Waals surface area contributed by atoms with Crippen molar-refractivity contribution in [2.75, 3.05) is 23.3 Å². The van der Waals surface area contributed by atoms with Gasteiger partial charge in [0.2, 0.25) is 0 Å². The van der Waals surface area contributed by atoms with Gasteiger partial charge in [-0.3, -0.25) is 0 Å². The Bertz CT molecular complexity index is 1340. The summed E-state index contributed by atoms with van der Waals surface area (Å²) in [6.07, 6.45) is 2.44. The molecule has 36 heavy (non-hydrogen) atoms. The summed E-state index contributed by atoms with van der Waals surface area (Å²) in [6.45, 7) is 12.0. The minimum Gasteiger partial charge on any atom is -0.371 e. The van der Waals surface area contributed by atoms with Gasteiger partial charge in [-0.1, -0.05) is 82.3 Å². The fraction of sp³-hybridized carbons (Fsp3) is 0.294. The molecule has 2 nitrogen and oxygen atoms in total. The predicted molar refractivity (Wildman–Crippen MR) is 155 cm³/mol. The summed E-state index contributed by atoms with van der Waals surface area (Å²) in [7, 11) is 0. The van der Waals surface area contributed by atoms with E-state index < -0.39 is 0 Å². The van der Waals surface area contributed by atoms with Gasteiger partial charge < -0.3 is 10.2 Å². The highest BCUT2D eigenvalue weighted by atomic mass is 15.2. The van der Waals surface area contributed by atoms with Crippen molar-refractivity contribution < 1.29 is 0 Å². The van der Waals surface area contributed by atoms with Crippen molar-refractivity contribution in [3.05, 3.63) is 102 Å². The highest BCUT2D eigenvalue weighted by Crippen LogP contribution is 2.50. The smallest absolute Gasteiger partial charge is 0.0442 e. The topological polar surface area (TPSA) is 15.3 Å². The molecular formula is C34H36N2. The molecule has 2 aliphatic rings. The molecule has 6 rings (SSSR count). The van der Waals surface area contributed by atoms with E-state index in [4.69, 9.17) is 0 Å². The van der Waals surface area contributed by atoms with Crippen LogP contribution < -0.4 is 10.2 Å². The minimum atomic E-state index is 0.206. The van der Waals surface area contributed by atoms with Crippen molar-refractivity contribution in [1.82, 2.24) is 0 Å². The Morgan fingerprint density at radius 3 is 1.50 bits per heavy atom. The normalized spacial score (nSPS) is 17.4. The second-order valence-corrected chi connectivity index (χ2v) is 11.8. The Morgan fingerprint density at radius 2 is 1.00 bits per heavy atom. The molecule has 1 N–H and O–H groups in total. The lowest BCUT2D eigenvalue weighted by Gasteiger charge is -2.48. The van der Waals surface area contributed by atoms with Gasteiger partial charge in [-0.25, -0.2) is 0 Å². The van der Waals surface area contributed by atoms with Crippen LogP contribution in [0.15, 0.2) is 91.0 Å². The largest absolute Gasteiger partial charge is 0.371 e. The molecule has 0 radical (unpaired) electrons. The van der Waals surface area contributed by atoms with Gasteiger partial charge in [0.1, 0.15) is 0 Å². The summed E-state index contributed by atoms with van der Waals surface area (Å²) in [5, 5.41) is 3.57. The van der Waals surface area contributed by atoms with Crippen molar-refractivity contribution in [1.29, 1.82) is 0 Å². The number of rotatable bonds is 4. The highest BCUT2D eigenvalue weighted by molar-refractivity contribution is 5.77. The van der Waals surface area contributed by atoms with Gasteiger partial charge in [0.25, 0.3) is 0 Å². The van der Waals surface area contributed by atoms with Crippen LogP contribution in [0.1, 0.15) is 51.7 Å². The number of hydrogen-bond acceptors (Lipinski definition) is 2. The lowest BCUT2D eigenvalue weighted by Crippen LogP contribution is -2.44. The van der Waals surface area contributed by atoms with Gasteiger partial charge in [-0.15, -0.1) is 0 Å². The zero-order chi connectivity index (χ0) is 24.9. The third kappa shape index (κ3) is 4.09. The van der Waals surface area contributed by atoms with E-state index in [9.17, 15) is 0 Å². The van der Waals surface area contributed by atoms with Crippen LogP contribution in [0.2, 0.25) is 0 Å². The Labute approximate surface area is 216 Å². The SMILES string of the molecule is CC1(C)CCN2CCC(C)(C)c3cc(-c4ccc(Nc5ccc(-c6ccccc6)cc5)cc4)cc1c32. The summed E-state index contributed by atoms with van der Waals surface area (Å²) < 4.78 is 0. The van der Waals surface area contributed by atoms with E-state index in [0.717, 1.165) is 11.4 Å². The Balaban J connectivity index is 1.28. The molecule has 0 atom stereocenters. The average molecular weight is 473 g/mol. The van der Waals surface area contributed by atoms with Gasteiger partial charge in [0.05, 0.1) is 0 Å². The van der Waals surface area contributed by atoms with E-state index in [2.05, 4.69) is 129 Å². The number of nitrogens with one attached hydrogen (secondary N) is 1. The van der Waals surface area contributed by atoms with Crippen LogP contribution in [0.5, 0.6) is 0 Å². The van der Waals surface area contributed by atoms with E-state index in [1.807, 2.05) is 0 Å². The molecular weight excluding hydrogens is 436 g/mol. The van der Waals surface area contributed by atoms with Crippen LogP contribution in [0.3, 0.4) is 0 Å². The number of hydrogen-bond donors (Lipinski definition) is 1. The van der Waals surface area contributed by atoms with Gasteiger partial charge in [0.15, 0.2) is 0 Å². The fourth-order valence-electron chi connectivity index (χ4n) is 5.90. The van der Waals surface area contributed by atoms with Crippen LogP contribution in [0.25, 0.3) is 22.3 Å². The minimum absolute atomic E-state index is 0.206. The van der Waals surface area contributed by atoms with Crippen LogP contribution in [0, 0.1) is 0 Å². The van der Waals surface area contributed by atoms with E-state index in [1.54, 1.807) is 0 Å². The first kappa shape index (κ1) is 22.9. The first-order chi connectivity index (χ1) is 17.3. The molecule has 182 valence electrons. The van der Waals surface area contributed by atoms with Crippen molar-refractivity contribution in [3.63, 3.8) is 0 Å². The van der Waals surface area contributed by atoms with Crippen molar-refractivity contribution >= 4 is 17.1 Å². The Kier molecular flexibility index (Phi) is 5.44. The molecule has 0 aliphatic carbocycles. The predicted octanol–water partition coefficient (Wildman–Crippen LogP) is 8.93. The van der Waals surface area contributed by atoms with Crippen molar-refractivity contribution in [2.45, 2.75) is 51.4 Å². The maximum Gasteiger partial charge on any atom is 0.0442 e. The number of nitrogens with zero attached hydrogens (tertiary/aromatic N) is 1. The van der Waals surface area contributed by atoms with Crippen LogP contribution in [-0.4, -0.2) is 13.1 Å². The monoisotopic (exact) mass is 472 g/mol. The summed E-state index contributed by atoms with van der Waals surface area (Å²) in [5.41, 5.74) is 12.3. The van der Waals surface area contributed by atoms with E-state index in [1.165, 1.54) is 65.0 Å². The fourth-order valence-corrected chi connectivity index (χ4v) is 5.90. The zero-order valence-electron chi connectivity index (χ0n) is 21.9. The molecule has 2 heterocycles. The molecule has 0 fully saturated rings. The first-order valence-corrected chi connectivity index (χ1v) is 13.3. The molecule has 0 saturated carbocycles. The Hall–Kier alpha value is -3.52. The first-order valence-electron chi connectivity index (χ1n) is 13.3. The maximum absolute atomic E-state index is 3.57. The second-order valence-electron chi connectivity index (χ2n) is 11.8. The van der Waals surface area contributed by atoms with Crippen LogP contribution >= 0.6 is 0 Å². The highest BCUT2D eigenvalue weighted by Gasteiger charge is 2.40. The molecule has 4 aromatic rings. The molecule has 2 aliphatic heterocycles. The Morgan fingerprint density at radius 1 is 0.556 bits per heavy atom. The van der Waals surface area contributed by atoms with E-state index in [-0.39, 0.29) is 10.8 Å². The third-order valence-electron chi connectivity index (χ3n) is 8.40. The van der Waals surface area contributed by atoms with Crippen LogP contribution in [-0.2, 0) is 10.8 Å². The average Bonchev–Trinajstić information content (AvgIpc) is 2.89. The molecule has 0 saturated heterocycles. The van der Waals surface area contributed by atoms with Crippen molar-refractivity contribution in [2.24, 2.45) is 0 Å². The second kappa shape index (κ2) is 8.55.